The van der Waals surface area contributed by atoms with E-state index in [1.54, 1.807) is 0 Å². The summed E-state index contributed by atoms with van der Waals surface area (Å²) in [6, 6.07) is 0.196. The minimum absolute atomic E-state index is 0.196. The van der Waals surface area contributed by atoms with E-state index in [-0.39, 0.29) is 6.04 Å². The van der Waals surface area contributed by atoms with Crippen molar-refractivity contribution < 1.29 is 8.94 Å². The molecule has 1 saturated carbocycles. The van der Waals surface area contributed by atoms with E-state index in [0.29, 0.717) is 24.2 Å². The third-order valence-electron chi connectivity index (χ3n) is 4.48. The maximum absolute atomic E-state index is 5.81. The molecular formula is C14H19N5O2. The van der Waals surface area contributed by atoms with Crippen molar-refractivity contribution in [3.63, 3.8) is 0 Å². The zero-order valence-electron chi connectivity index (χ0n) is 12.2. The van der Waals surface area contributed by atoms with Crippen LogP contribution in [0.5, 0.6) is 0 Å². The monoisotopic (exact) mass is 289 g/mol. The van der Waals surface area contributed by atoms with Crippen molar-refractivity contribution >= 4 is 0 Å². The lowest BCUT2D eigenvalue weighted by Crippen LogP contribution is -2.23. The highest BCUT2D eigenvalue weighted by Crippen LogP contribution is 2.36. The van der Waals surface area contributed by atoms with Crippen LogP contribution in [0.3, 0.4) is 0 Å². The van der Waals surface area contributed by atoms with E-state index in [1.165, 1.54) is 19.3 Å². The van der Waals surface area contributed by atoms with Gasteiger partial charge < -0.3 is 8.94 Å². The lowest BCUT2D eigenvalue weighted by atomic mass is 9.85. The maximum Gasteiger partial charge on any atom is 0.230 e. The van der Waals surface area contributed by atoms with Gasteiger partial charge in [-0.15, -0.1) is 10.2 Å². The minimum atomic E-state index is 0.196. The quantitative estimate of drug-likeness (QED) is 0.854. The predicted octanol–water partition coefficient (Wildman–Crippen LogP) is 2.37. The summed E-state index contributed by atoms with van der Waals surface area (Å²) in [5.41, 5.74) is 0. The van der Waals surface area contributed by atoms with Crippen LogP contribution in [0, 0.1) is 6.92 Å². The molecule has 21 heavy (non-hydrogen) atoms. The van der Waals surface area contributed by atoms with Gasteiger partial charge in [0, 0.05) is 12.8 Å². The summed E-state index contributed by atoms with van der Waals surface area (Å²) >= 11 is 0. The molecular weight excluding hydrogens is 270 g/mol. The van der Waals surface area contributed by atoms with Crippen LogP contribution in [0.4, 0.5) is 0 Å². The van der Waals surface area contributed by atoms with Crippen LogP contribution in [0.2, 0.25) is 0 Å². The molecule has 2 aromatic rings. The molecule has 3 heterocycles. The Morgan fingerprint density at radius 1 is 1.19 bits per heavy atom. The average molecular weight is 289 g/mol. The molecule has 7 heteroatoms. The Morgan fingerprint density at radius 2 is 2.10 bits per heavy atom. The van der Waals surface area contributed by atoms with Gasteiger partial charge in [0.05, 0.1) is 12.6 Å². The molecule has 112 valence electrons. The Balaban J connectivity index is 1.46. The zero-order chi connectivity index (χ0) is 14.2. The highest BCUT2D eigenvalue weighted by atomic mass is 16.5. The summed E-state index contributed by atoms with van der Waals surface area (Å²) in [6.07, 6.45) is 5.80. The fourth-order valence-electron chi connectivity index (χ4n) is 3.08. The van der Waals surface area contributed by atoms with E-state index in [1.807, 2.05) is 6.92 Å². The van der Waals surface area contributed by atoms with E-state index in [0.717, 1.165) is 31.1 Å². The zero-order valence-corrected chi connectivity index (χ0v) is 12.2. The van der Waals surface area contributed by atoms with Gasteiger partial charge in [-0.25, -0.2) is 0 Å². The van der Waals surface area contributed by atoms with Crippen LogP contribution < -0.4 is 0 Å². The molecule has 1 aliphatic carbocycles. The maximum atomic E-state index is 5.81. The van der Waals surface area contributed by atoms with Crippen molar-refractivity contribution in [1.29, 1.82) is 0 Å². The number of aromatic nitrogens is 4. The molecule has 2 aliphatic rings. The predicted molar refractivity (Wildman–Crippen MR) is 72.3 cm³/mol. The Bertz CT molecular complexity index is 618. The van der Waals surface area contributed by atoms with Crippen LogP contribution in [0.1, 0.15) is 67.6 Å². The van der Waals surface area contributed by atoms with E-state index < -0.39 is 0 Å². The van der Waals surface area contributed by atoms with Gasteiger partial charge >= 0.3 is 0 Å². The first-order valence-electron chi connectivity index (χ1n) is 7.66. The summed E-state index contributed by atoms with van der Waals surface area (Å²) < 4.78 is 10.9. The van der Waals surface area contributed by atoms with Gasteiger partial charge in [0.25, 0.3) is 0 Å². The van der Waals surface area contributed by atoms with E-state index in [4.69, 9.17) is 8.94 Å². The van der Waals surface area contributed by atoms with E-state index in [9.17, 15) is 0 Å². The smallest absolute Gasteiger partial charge is 0.230 e. The number of aryl methyl sites for hydroxylation is 1. The van der Waals surface area contributed by atoms with Crippen molar-refractivity contribution in [3.8, 4) is 0 Å². The first-order valence-corrected chi connectivity index (χ1v) is 7.66. The minimum Gasteiger partial charge on any atom is -0.424 e. The third-order valence-corrected chi connectivity index (χ3v) is 4.48. The fraction of sp³-hybridized carbons (Fsp3) is 0.714. The molecule has 0 amide bonds. The molecule has 1 atom stereocenters. The standard InChI is InChI=1S/C14H19N5O2/c1-9-15-13(18-21-9)11-6-3-7-19(11)8-12-16-17-14(20-12)10-4-2-5-10/h10-11H,2-8H2,1H3/t11-/m0/s1. The van der Waals surface area contributed by atoms with Crippen molar-refractivity contribution in [2.75, 3.05) is 6.54 Å². The van der Waals surface area contributed by atoms with Gasteiger partial charge in [-0.2, -0.15) is 4.98 Å². The van der Waals surface area contributed by atoms with Crippen molar-refractivity contribution in [2.24, 2.45) is 0 Å². The first kappa shape index (κ1) is 12.9. The molecule has 2 fully saturated rings. The largest absolute Gasteiger partial charge is 0.424 e. The Hall–Kier alpha value is -1.76. The van der Waals surface area contributed by atoms with Crippen LogP contribution in [-0.4, -0.2) is 31.8 Å². The van der Waals surface area contributed by atoms with Crippen LogP contribution in [0.25, 0.3) is 0 Å². The van der Waals surface area contributed by atoms with Crippen molar-refractivity contribution in [1.82, 2.24) is 25.2 Å². The Morgan fingerprint density at radius 3 is 2.81 bits per heavy atom. The second kappa shape index (κ2) is 5.22. The van der Waals surface area contributed by atoms with Gasteiger partial charge in [0.2, 0.25) is 17.7 Å². The van der Waals surface area contributed by atoms with Gasteiger partial charge in [-0.05, 0) is 32.2 Å². The molecule has 0 bridgehead atoms. The highest BCUT2D eigenvalue weighted by molar-refractivity contribution is 5.00. The Labute approximate surface area is 122 Å². The second-order valence-electron chi connectivity index (χ2n) is 5.96. The summed E-state index contributed by atoms with van der Waals surface area (Å²) in [4.78, 5) is 6.65. The summed E-state index contributed by atoms with van der Waals surface area (Å²) in [5.74, 6) is 3.37. The molecule has 0 spiro atoms. The number of hydrogen-bond donors (Lipinski definition) is 0. The first-order chi connectivity index (χ1) is 10.3. The summed E-state index contributed by atoms with van der Waals surface area (Å²) in [6.45, 7) is 3.48. The highest BCUT2D eigenvalue weighted by Gasteiger charge is 2.31. The fourth-order valence-corrected chi connectivity index (χ4v) is 3.08. The molecule has 1 aliphatic heterocycles. The number of hydrogen-bond acceptors (Lipinski definition) is 7. The molecule has 1 saturated heterocycles. The second-order valence-corrected chi connectivity index (χ2v) is 5.96. The van der Waals surface area contributed by atoms with E-state index in [2.05, 4.69) is 25.2 Å². The van der Waals surface area contributed by atoms with Crippen molar-refractivity contribution in [3.05, 3.63) is 23.5 Å². The lowest BCUT2D eigenvalue weighted by molar-refractivity contribution is 0.207. The van der Waals surface area contributed by atoms with Gasteiger partial charge in [-0.3, -0.25) is 4.90 Å². The normalized spacial score (nSPS) is 23.6. The summed E-state index contributed by atoms with van der Waals surface area (Å²) in [7, 11) is 0. The van der Waals surface area contributed by atoms with E-state index >= 15 is 0 Å². The van der Waals surface area contributed by atoms with Crippen LogP contribution in [0.15, 0.2) is 8.94 Å². The average Bonchev–Trinajstić information content (AvgIpc) is 3.09. The molecule has 0 radical (unpaired) electrons. The van der Waals surface area contributed by atoms with Gasteiger partial charge in [-0.1, -0.05) is 11.6 Å². The lowest BCUT2D eigenvalue weighted by Gasteiger charge is -2.21. The third kappa shape index (κ3) is 2.46. The number of likely N-dealkylation sites (tertiary alicyclic amines) is 1. The number of nitrogens with zero attached hydrogens (tertiary/aromatic N) is 5. The molecule has 0 aromatic carbocycles. The molecule has 2 aromatic heterocycles. The molecule has 7 nitrogen and oxygen atoms in total. The van der Waals surface area contributed by atoms with Crippen LogP contribution >= 0.6 is 0 Å². The van der Waals surface area contributed by atoms with Crippen LogP contribution in [-0.2, 0) is 6.54 Å². The van der Waals surface area contributed by atoms with Gasteiger partial charge in [0.1, 0.15) is 0 Å². The Kier molecular flexibility index (Phi) is 3.21. The topological polar surface area (TPSA) is 81.1 Å². The summed E-state index contributed by atoms with van der Waals surface area (Å²) in [5, 5.41) is 12.4. The molecule has 0 unspecified atom stereocenters. The van der Waals surface area contributed by atoms with Crippen molar-refractivity contribution in [2.45, 2.75) is 57.5 Å². The molecule has 4 rings (SSSR count). The number of rotatable bonds is 4. The van der Waals surface area contributed by atoms with Gasteiger partial charge in [0.15, 0.2) is 5.82 Å². The molecule has 0 N–H and O–H groups in total. The SMILES string of the molecule is Cc1nc([C@@H]2CCCN2Cc2nnc(C3CCC3)o2)no1.